The minimum atomic E-state index is -4.40. The van der Waals surface area contributed by atoms with Crippen LogP contribution in [0.3, 0.4) is 0 Å². The second-order valence-corrected chi connectivity index (χ2v) is 11.6. The summed E-state index contributed by atoms with van der Waals surface area (Å²) in [5.74, 6) is -4.76. The maximum absolute atomic E-state index is 13.5. The maximum Gasteiger partial charge on any atom is 0.475 e. The maximum atomic E-state index is 13.5. The van der Waals surface area contributed by atoms with Gasteiger partial charge in [-0.05, 0) is 0 Å². The molecule has 240 valence electrons. The van der Waals surface area contributed by atoms with Gasteiger partial charge in [-0.25, -0.2) is 19.1 Å². The van der Waals surface area contributed by atoms with Crippen LogP contribution in [0.4, 0.5) is 5.95 Å². The molecule has 1 aromatic carbocycles. The fraction of sp³-hybridized carbons (Fsp3) is 0.417. The number of aromatic amines is 1. The summed E-state index contributed by atoms with van der Waals surface area (Å²) in [4.78, 5) is 57.1. The van der Waals surface area contributed by atoms with Crippen molar-refractivity contribution in [3.05, 3.63) is 34.4 Å². The normalized spacial score (nSPS) is 27.4. The van der Waals surface area contributed by atoms with Crippen LogP contribution in [0.15, 0.2) is 23.3 Å². The molecule has 6 unspecified atom stereocenters. The van der Waals surface area contributed by atoms with Crippen LogP contribution >= 0.6 is 7.82 Å². The number of benzene rings is 1. The van der Waals surface area contributed by atoms with Crippen LogP contribution in [0.5, 0.6) is 17.2 Å². The predicted molar refractivity (Wildman–Crippen MR) is 143 cm³/mol. The Kier molecular flexibility index (Phi) is 7.93. The molecule has 21 heteroatoms. The van der Waals surface area contributed by atoms with E-state index in [1.54, 1.807) is 0 Å². The first kappa shape index (κ1) is 30.4. The number of esters is 1. The molecular formula is C24H24N5O15P. The first-order chi connectivity index (χ1) is 21.4. The number of carbonyl (C=O) groups excluding carboxylic acids is 1. The first-order valence-corrected chi connectivity index (χ1v) is 14.6. The van der Waals surface area contributed by atoms with Gasteiger partial charge in [0, 0.05) is 23.6 Å². The van der Waals surface area contributed by atoms with Crippen LogP contribution < -0.4 is 25.5 Å². The summed E-state index contributed by atoms with van der Waals surface area (Å²) in [7, 11) is -4.40. The average molecular weight is 653 g/mol. The summed E-state index contributed by atoms with van der Waals surface area (Å²) < 4.78 is 52.9. The summed E-state index contributed by atoms with van der Waals surface area (Å²) >= 11 is 0. The third-order valence-corrected chi connectivity index (χ3v) is 8.38. The Hall–Kier alpha value is -4.59. The van der Waals surface area contributed by atoms with Gasteiger partial charge >= 0.3 is 25.7 Å². The molecule has 0 radical (unpaired) electrons. The van der Waals surface area contributed by atoms with E-state index >= 15 is 0 Å². The summed E-state index contributed by atoms with van der Waals surface area (Å²) in [5.41, 5.74) is 5.18. The number of hydrogen-bond acceptors (Lipinski definition) is 16. The number of aliphatic hydroxyl groups excluding tert-OH is 1. The van der Waals surface area contributed by atoms with Gasteiger partial charge in [-0.1, -0.05) is 0 Å². The fourth-order valence-electron chi connectivity index (χ4n) is 5.10. The van der Waals surface area contributed by atoms with Crippen LogP contribution in [-0.2, 0) is 37.3 Å². The number of hydrogen-bond donors (Lipinski definition) is 5. The minimum absolute atomic E-state index is 0.0274. The smallest absolute Gasteiger partial charge is 0.475 e. The molecule has 6 atom stereocenters. The minimum Gasteiger partial charge on any atom is -0.482 e. The second-order valence-electron chi connectivity index (χ2n) is 10.0. The van der Waals surface area contributed by atoms with Crippen LogP contribution in [0, 0.1) is 0 Å². The van der Waals surface area contributed by atoms with Crippen molar-refractivity contribution in [1.29, 1.82) is 0 Å². The summed E-state index contributed by atoms with van der Waals surface area (Å²) in [6.07, 6.45) is -3.87. The van der Waals surface area contributed by atoms with Crippen LogP contribution in [-0.4, -0.2) is 97.5 Å². The number of fused-ring (bicyclic) bond motifs is 3. The Morgan fingerprint density at radius 3 is 2.69 bits per heavy atom. The second kappa shape index (κ2) is 11.7. The van der Waals surface area contributed by atoms with Crippen molar-refractivity contribution in [2.24, 2.45) is 0 Å². The Morgan fingerprint density at radius 2 is 1.93 bits per heavy atom. The highest BCUT2D eigenvalue weighted by Crippen LogP contribution is 2.58. The zero-order valence-corrected chi connectivity index (χ0v) is 23.7. The number of ether oxygens (including phenoxy) is 4. The number of carbonyl (C=O) groups is 3. The van der Waals surface area contributed by atoms with E-state index in [9.17, 15) is 28.8 Å². The van der Waals surface area contributed by atoms with E-state index in [1.165, 1.54) is 23.0 Å². The molecule has 0 amide bonds. The van der Waals surface area contributed by atoms with Gasteiger partial charge in [0.1, 0.15) is 35.6 Å². The molecule has 0 saturated carbocycles. The summed E-state index contributed by atoms with van der Waals surface area (Å²) in [6.45, 7) is -2.35. The van der Waals surface area contributed by atoms with Crippen molar-refractivity contribution >= 4 is 42.8 Å². The number of nitrogens with two attached hydrogens (primary N) is 1. The average Bonchev–Trinajstić information content (AvgIpc) is 3.53. The monoisotopic (exact) mass is 653 g/mol. The lowest BCUT2D eigenvalue weighted by atomic mass is 9.92. The number of rotatable bonds is 10. The summed E-state index contributed by atoms with van der Waals surface area (Å²) in [6, 6.07) is 2.44. The van der Waals surface area contributed by atoms with E-state index in [2.05, 4.69) is 15.0 Å². The number of nitrogens with zero attached hydrogens (tertiary/aromatic N) is 3. The SMILES string of the molecule is Nc1nc2c(ncn2C2OC3COP(=O)(OCC4CC(=O)Oc5cc(OCC(=O)O)cc(OCC(=O)O)c54)OC3C2O)c(=O)[nH]1. The van der Waals surface area contributed by atoms with Gasteiger partial charge in [0.15, 0.2) is 30.6 Å². The number of aromatic nitrogens is 4. The Labute approximate surface area is 250 Å². The van der Waals surface area contributed by atoms with E-state index in [1.807, 2.05) is 0 Å². The molecule has 0 bridgehead atoms. The van der Waals surface area contributed by atoms with E-state index in [0.717, 1.165) is 0 Å². The molecule has 0 spiro atoms. The Bertz CT molecular complexity index is 1790. The van der Waals surface area contributed by atoms with Crippen LogP contribution in [0.25, 0.3) is 11.2 Å². The molecule has 2 saturated heterocycles. The van der Waals surface area contributed by atoms with Crippen LogP contribution in [0.1, 0.15) is 24.1 Å². The molecule has 3 aliphatic heterocycles. The fourth-order valence-corrected chi connectivity index (χ4v) is 6.54. The quantitative estimate of drug-likeness (QED) is 0.105. The predicted octanol–water partition coefficient (Wildman–Crippen LogP) is -0.480. The number of imidazole rings is 1. The van der Waals surface area contributed by atoms with Gasteiger partial charge in [0.05, 0.1) is 26.0 Å². The van der Waals surface area contributed by atoms with Gasteiger partial charge in [-0.3, -0.25) is 32.7 Å². The van der Waals surface area contributed by atoms with Gasteiger partial charge in [0.2, 0.25) is 5.95 Å². The van der Waals surface area contributed by atoms with E-state index in [4.69, 9.17) is 48.5 Å². The van der Waals surface area contributed by atoms with E-state index in [-0.39, 0.29) is 53.0 Å². The molecule has 45 heavy (non-hydrogen) atoms. The number of aliphatic carboxylic acids is 2. The number of phosphoric ester groups is 1. The first-order valence-electron chi connectivity index (χ1n) is 13.1. The van der Waals surface area contributed by atoms with Crippen LogP contribution in [0.2, 0.25) is 0 Å². The van der Waals surface area contributed by atoms with Crippen molar-refractivity contribution in [3.8, 4) is 17.2 Å². The molecule has 3 aliphatic rings. The lowest BCUT2D eigenvalue weighted by Crippen LogP contribution is -2.39. The Balaban J connectivity index is 1.20. The third kappa shape index (κ3) is 6.06. The topological polar surface area (TPSA) is 283 Å². The standard InChI is InChI=1S/C24H24N5O15P/c25-24-27-21-18(22(36)28-24)26-8-29(21)23-19(35)20-13(43-23)5-41-45(37,44-20)40-4-9-1-16(34)42-12-3-10(38-6-14(30)31)2-11(17(9)12)39-7-15(32)33/h2-3,8-9,13,19-20,23,35H,1,4-7H2,(H,30,31)(H,32,33)(H3,25,27,28,36). The summed E-state index contributed by atoms with van der Waals surface area (Å²) in [5, 5.41) is 29.1. The van der Waals surface area contributed by atoms with Gasteiger partial charge < -0.3 is 40.0 Å². The largest absolute Gasteiger partial charge is 0.482 e. The number of nitrogen functional groups attached to an aromatic ring is 1. The Morgan fingerprint density at radius 1 is 1.18 bits per heavy atom. The number of H-pyrrole nitrogens is 1. The molecule has 6 N–H and O–H groups in total. The molecular weight excluding hydrogens is 629 g/mol. The van der Waals surface area contributed by atoms with Crippen molar-refractivity contribution < 1.29 is 66.8 Å². The highest BCUT2D eigenvalue weighted by molar-refractivity contribution is 7.48. The van der Waals surface area contributed by atoms with Gasteiger partial charge in [0.25, 0.3) is 5.56 Å². The highest BCUT2D eigenvalue weighted by Gasteiger charge is 2.54. The molecule has 5 heterocycles. The van der Waals surface area contributed by atoms with Crippen molar-refractivity contribution in [2.45, 2.75) is 36.9 Å². The highest BCUT2D eigenvalue weighted by atomic mass is 31.2. The zero-order valence-electron chi connectivity index (χ0n) is 22.8. The molecule has 6 rings (SSSR count). The lowest BCUT2D eigenvalue weighted by molar-refractivity contribution is -0.140. The number of anilines is 1. The zero-order chi connectivity index (χ0) is 32.0. The lowest BCUT2D eigenvalue weighted by Gasteiger charge is -2.32. The number of carboxylic acid groups (broad SMARTS) is 2. The number of nitrogens with one attached hydrogen (secondary N) is 1. The molecule has 2 aromatic heterocycles. The van der Waals surface area contributed by atoms with Crippen molar-refractivity contribution in [2.75, 3.05) is 32.2 Å². The number of carboxylic acids is 2. The molecule has 20 nitrogen and oxygen atoms in total. The van der Waals surface area contributed by atoms with Gasteiger partial charge in [-0.2, -0.15) is 4.98 Å². The van der Waals surface area contributed by atoms with Crippen molar-refractivity contribution in [3.63, 3.8) is 0 Å². The van der Waals surface area contributed by atoms with E-state index in [0.29, 0.717) is 0 Å². The molecule has 3 aromatic rings. The molecule has 0 aliphatic carbocycles. The third-order valence-electron chi connectivity index (χ3n) is 6.95. The number of aliphatic hydroxyl groups is 1. The number of phosphoric acid groups is 1. The van der Waals surface area contributed by atoms with Gasteiger partial charge in [-0.15, -0.1) is 0 Å². The van der Waals surface area contributed by atoms with Crippen molar-refractivity contribution in [1.82, 2.24) is 19.5 Å². The van der Waals surface area contributed by atoms with E-state index < -0.39 is 81.6 Å². The molecule has 2 fully saturated rings.